The van der Waals surface area contributed by atoms with Crippen molar-refractivity contribution in [1.29, 1.82) is 0 Å². The van der Waals surface area contributed by atoms with Crippen LogP contribution in [0.5, 0.6) is 11.5 Å². The van der Waals surface area contributed by atoms with Gasteiger partial charge in [-0.15, -0.1) is 0 Å². The fourth-order valence-electron chi connectivity index (χ4n) is 3.97. The lowest BCUT2D eigenvalue weighted by Crippen LogP contribution is -2.31. The van der Waals surface area contributed by atoms with E-state index in [0.717, 1.165) is 5.56 Å². The van der Waals surface area contributed by atoms with Crippen LogP contribution in [0.1, 0.15) is 24.4 Å². The number of nitrogens with zero attached hydrogens (tertiary/aromatic N) is 3. The van der Waals surface area contributed by atoms with Crippen molar-refractivity contribution in [2.45, 2.75) is 19.6 Å². The summed E-state index contributed by atoms with van der Waals surface area (Å²) in [6.45, 7) is 3.04. The largest absolute Gasteiger partial charge is 0.486 e. The molecular weight excluding hydrogens is 446 g/mol. The number of anilines is 2. The van der Waals surface area contributed by atoms with Crippen LogP contribution in [0.15, 0.2) is 53.7 Å². The first-order valence-corrected chi connectivity index (χ1v) is 10.8. The van der Waals surface area contributed by atoms with E-state index in [9.17, 15) is 4.79 Å². The topological polar surface area (TPSA) is 99.5 Å². The number of nitrogens with one attached hydrogen (secondary N) is 2. The molecule has 2 aliphatic rings. The third-order valence-corrected chi connectivity index (χ3v) is 5.75. The molecule has 3 heterocycles. The maximum atomic E-state index is 13.5. The predicted molar refractivity (Wildman–Crippen MR) is 123 cm³/mol. The first-order chi connectivity index (χ1) is 16.0. The van der Waals surface area contributed by atoms with Crippen LogP contribution >= 0.6 is 11.6 Å². The lowest BCUT2D eigenvalue weighted by molar-refractivity contribution is -0.113. The summed E-state index contributed by atoms with van der Waals surface area (Å²) in [6, 6.07) is 12.2. The molecule has 1 amide bonds. The van der Waals surface area contributed by atoms with Crippen LogP contribution in [0.25, 0.3) is 0 Å². The molecule has 0 aliphatic carbocycles. The quantitative estimate of drug-likeness (QED) is 0.589. The number of para-hydroxylation sites is 1. The Morgan fingerprint density at radius 2 is 2.03 bits per heavy atom. The van der Waals surface area contributed by atoms with Gasteiger partial charge in [0.2, 0.25) is 5.95 Å². The Hall–Kier alpha value is -3.56. The van der Waals surface area contributed by atoms with Gasteiger partial charge < -0.3 is 24.8 Å². The standard InChI is InChI=1S/C23H22ClN5O4/c1-13-20(22(30)26-16-6-4-3-5-15(16)24)21(29-23(25-13)27-19(28-29)12-31-2)14-7-8-17-18(11-14)33-10-9-32-17/h3-8,11,21H,9-10,12H2,1-2H3,(H,26,30)(H,25,27,28). The normalized spacial score (nSPS) is 16.8. The van der Waals surface area contributed by atoms with Crippen LogP contribution in [-0.2, 0) is 16.1 Å². The van der Waals surface area contributed by atoms with E-state index in [1.807, 2.05) is 37.3 Å². The summed E-state index contributed by atoms with van der Waals surface area (Å²) in [5.74, 6) is 2.01. The third-order valence-electron chi connectivity index (χ3n) is 5.42. The highest BCUT2D eigenvalue weighted by Crippen LogP contribution is 2.40. The summed E-state index contributed by atoms with van der Waals surface area (Å²) in [4.78, 5) is 18.1. The average molecular weight is 468 g/mol. The molecule has 0 fully saturated rings. The number of rotatable bonds is 5. The number of benzene rings is 2. The maximum Gasteiger partial charge on any atom is 0.255 e. The van der Waals surface area contributed by atoms with E-state index >= 15 is 0 Å². The number of ether oxygens (including phenoxy) is 3. The molecule has 170 valence electrons. The Bertz CT molecular complexity index is 1260. The second kappa shape index (κ2) is 8.76. The van der Waals surface area contributed by atoms with Gasteiger partial charge in [0, 0.05) is 12.8 Å². The summed E-state index contributed by atoms with van der Waals surface area (Å²) in [6.07, 6.45) is 0. The Balaban J connectivity index is 1.59. The molecule has 10 heteroatoms. The number of hydrogen-bond acceptors (Lipinski definition) is 7. The van der Waals surface area contributed by atoms with Crippen molar-refractivity contribution in [2.75, 3.05) is 31.0 Å². The molecule has 0 bridgehead atoms. The third kappa shape index (κ3) is 4.01. The van der Waals surface area contributed by atoms with Crippen LogP contribution in [0.4, 0.5) is 11.6 Å². The number of methoxy groups -OCH3 is 1. The number of carbonyl (C=O) groups is 1. The van der Waals surface area contributed by atoms with Gasteiger partial charge in [-0.3, -0.25) is 4.79 Å². The molecule has 0 radical (unpaired) electrons. The number of amides is 1. The van der Waals surface area contributed by atoms with Gasteiger partial charge in [-0.25, -0.2) is 4.68 Å². The number of aromatic nitrogens is 3. The number of allylic oxidation sites excluding steroid dienone is 1. The minimum absolute atomic E-state index is 0.246. The monoisotopic (exact) mass is 467 g/mol. The van der Waals surface area contributed by atoms with Crippen molar-refractivity contribution in [1.82, 2.24) is 14.8 Å². The van der Waals surface area contributed by atoms with Gasteiger partial charge >= 0.3 is 0 Å². The average Bonchev–Trinajstić information content (AvgIpc) is 3.21. The number of carbonyl (C=O) groups excluding carboxylic acids is 1. The van der Waals surface area contributed by atoms with E-state index in [2.05, 4.69) is 20.7 Å². The fraction of sp³-hybridized carbons (Fsp3) is 0.261. The highest BCUT2D eigenvalue weighted by Gasteiger charge is 2.35. The fourth-order valence-corrected chi connectivity index (χ4v) is 4.15. The molecule has 5 rings (SSSR count). The van der Waals surface area contributed by atoms with Crippen molar-refractivity contribution in [3.63, 3.8) is 0 Å². The molecule has 0 saturated carbocycles. The number of fused-ring (bicyclic) bond motifs is 2. The van der Waals surface area contributed by atoms with Gasteiger partial charge in [-0.2, -0.15) is 10.1 Å². The zero-order valence-electron chi connectivity index (χ0n) is 18.1. The Morgan fingerprint density at radius 3 is 2.82 bits per heavy atom. The van der Waals surface area contributed by atoms with Gasteiger partial charge in [0.1, 0.15) is 25.9 Å². The predicted octanol–water partition coefficient (Wildman–Crippen LogP) is 3.78. The number of halogens is 1. The molecule has 1 unspecified atom stereocenters. The van der Waals surface area contributed by atoms with Gasteiger partial charge in [-0.1, -0.05) is 29.8 Å². The second-order valence-electron chi connectivity index (χ2n) is 7.63. The van der Waals surface area contributed by atoms with E-state index in [0.29, 0.717) is 58.5 Å². The first-order valence-electron chi connectivity index (χ1n) is 10.4. The van der Waals surface area contributed by atoms with Crippen molar-refractivity contribution in [2.24, 2.45) is 0 Å². The zero-order valence-corrected chi connectivity index (χ0v) is 18.8. The summed E-state index contributed by atoms with van der Waals surface area (Å²) in [5.41, 5.74) is 2.46. The van der Waals surface area contributed by atoms with E-state index in [4.69, 9.17) is 25.8 Å². The number of hydrogen-bond donors (Lipinski definition) is 2. The molecule has 0 saturated heterocycles. The van der Waals surface area contributed by atoms with Crippen LogP contribution in [0.2, 0.25) is 5.02 Å². The molecule has 3 aromatic rings. The Morgan fingerprint density at radius 1 is 1.24 bits per heavy atom. The van der Waals surface area contributed by atoms with Crippen molar-refractivity contribution >= 4 is 29.1 Å². The molecule has 2 aromatic carbocycles. The maximum absolute atomic E-state index is 13.5. The molecule has 0 spiro atoms. The van der Waals surface area contributed by atoms with Gasteiger partial charge in [-0.05, 0) is 36.8 Å². The van der Waals surface area contributed by atoms with Gasteiger partial charge in [0.15, 0.2) is 17.3 Å². The lowest BCUT2D eigenvalue weighted by Gasteiger charge is -2.29. The summed E-state index contributed by atoms with van der Waals surface area (Å²) < 4.78 is 18.3. The van der Waals surface area contributed by atoms with Crippen molar-refractivity contribution in [3.05, 3.63) is 70.1 Å². The highest BCUT2D eigenvalue weighted by molar-refractivity contribution is 6.33. The molecule has 1 aromatic heterocycles. The molecular formula is C23H22ClN5O4. The lowest BCUT2D eigenvalue weighted by atomic mass is 9.94. The molecule has 1 atom stereocenters. The van der Waals surface area contributed by atoms with Gasteiger partial charge in [0.05, 0.1) is 16.3 Å². The Kier molecular flexibility index (Phi) is 5.65. The van der Waals surface area contributed by atoms with E-state index in [-0.39, 0.29) is 12.5 Å². The first kappa shape index (κ1) is 21.3. The second-order valence-corrected chi connectivity index (χ2v) is 8.04. The molecule has 9 nitrogen and oxygen atoms in total. The van der Waals surface area contributed by atoms with Gasteiger partial charge in [0.25, 0.3) is 5.91 Å². The van der Waals surface area contributed by atoms with E-state index < -0.39 is 6.04 Å². The Labute approximate surface area is 195 Å². The smallest absolute Gasteiger partial charge is 0.255 e. The molecule has 2 N–H and O–H groups in total. The van der Waals surface area contributed by atoms with Crippen LogP contribution in [0.3, 0.4) is 0 Å². The van der Waals surface area contributed by atoms with E-state index in [1.165, 1.54) is 0 Å². The van der Waals surface area contributed by atoms with Crippen molar-refractivity contribution in [3.8, 4) is 11.5 Å². The SMILES string of the molecule is COCc1nc2n(n1)C(c1ccc3c(c1)OCCO3)C(C(=O)Nc1ccccc1Cl)=C(C)N2. The van der Waals surface area contributed by atoms with Crippen LogP contribution in [-0.4, -0.2) is 41.0 Å². The van der Waals surface area contributed by atoms with Crippen LogP contribution < -0.4 is 20.1 Å². The molecule has 2 aliphatic heterocycles. The van der Waals surface area contributed by atoms with Crippen LogP contribution in [0, 0.1) is 0 Å². The molecule has 33 heavy (non-hydrogen) atoms. The van der Waals surface area contributed by atoms with E-state index in [1.54, 1.807) is 23.9 Å². The summed E-state index contributed by atoms with van der Waals surface area (Å²) in [7, 11) is 1.58. The summed E-state index contributed by atoms with van der Waals surface area (Å²) in [5, 5.41) is 11.2. The van der Waals surface area contributed by atoms with Crippen molar-refractivity contribution < 1.29 is 19.0 Å². The summed E-state index contributed by atoms with van der Waals surface area (Å²) >= 11 is 6.28. The zero-order chi connectivity index (χ0) is 22.9. The minimum atomic E-state index is -0.558. The minimum Gasteiger partial charge on any atom is -0.486 e. The highest BCUT2D eigenvalue weighted by atomic mass is 35.5.